The third-order valence-corrected chi connectivity index (χ3v) is 12.4. The van der Waals surface area contributed by atoms with Gasteiger partial charge in [-0.15, -0.1) is 11.3 Å². The van der Waals surface area contributed by atoms with Gasteiger partial charge in [-0.1, -0.05) is 127 Å². The van der Waals surface area contributed by atoms with Gasteiger partial charge in [0, 0.05) is 36.3 Å². The molecule has 0 saturated carbocycles. The number of furan rings is 1. The van der Waals surface area contributed by atoms with Gasteiger partial charge in [-0.05, 0) is 113 Å². The van der Waals surface area contributed by atoms with E-state index in [1.807, 2.05) is 11.3 Å². The Hall–Kier alpha value is -6.48. The number of rotatable bonds is 2. The molecule has 0 aliphatic heterocycles. The molecule has 0 aliphatic carbocycles. The lowest BCUT2D eigenvalue weighted by molar-refractivity contribution is 0.673. The molecule has 0 aliphatic rings. The first-order chi connectivity index (χ1) is 25.8. The number of benzene rings is 10. The second-order valence-electron chi connectivity index (χ2n) is 14.0. The van der Waals surface area contributed by atoms with Gasteiger partial charge in [-0.25, -0.2) is 0 Å². The molecule has 0 atom stereocenters. The van der Waals surface area contributed by atoms with Crippen molar-refractivity contribution in [2.24, 2.45) is 0 Å². The predicted octanol–water partition coefficient (Wildman–Crippen LogP) is 15.1. The third-order valence-electron chi connectivity index (χ3n) is 11.2. The Morgan fingerprint density at radius 1 is 0.327 bits per heavy atom. The van der Waals surface area contributed by atoms with Crippen molar-refractivity contribution in [3.63, 3.8) is 0 Å². The van der Waals surface area contributed by atoms with Crippen LogP contribution >= 0.6 is 11.3 Å². The van der Waals surface area contributed by atoms with E-state index < -0.39 is 0 Å². The van der Waals surface area contributed by atoms with Crippen LogP contribution in [0.15, 0.2) is 174 Å². The van der Waals surface area contributed by atoms with E-state index in [1.165, 1.54) is 102 Å². The van der Waals surface area contributed by atoms with Gasteiger partial charge in [0.05, 0.1) is 0 Å². The van der Waals surface area contributed by atoms with E-state index in [9.17, 15) is 0 Å². The fourth-order valence-corrected chi connectivity index (χ4v) is 9.89. The Kier molecular flexibility index (Phi) is 5.71. The van der Waals surface area contributed by atoms with Gasteiger partial charge in [0.2, 0.25) is 0 Å². The van der Waals surface area contributed by atoms with Crippen LogP contribution in [0.5, 0.6) is 0 Å². The van der Waals surface area contributed by atoms with Crippen molar-refractivity contribution in [2.75, 3.05) is 0 Å². The number of hydrogen-bond acceptors (Lipinski definition) is 2. The van der Waals surface area contributed by atoms with Crippen LogP contribution in [0.1, 0.15) is 0 Å². The Labute approximate surface area is 302 Å². The minimum atomic E-state index is 0.930. The van der Waals surface area contributed by atoms with Gasteiger partial charge >= 0.3 is 0 Å². The SMILES string of the molecule is c1ccc2c(-c3ccc4sc5ccc(-c6ccc7c(c6)c6ccccc6c6ccc8c(oc9ccc%10ccccc%10c98)c67)cc5c4c3)cccc2c1. The molecule has 240 valence electrons. The predicted molar refractivity (Wildman–Crippen MR) is 225 cm³/mol. The summed E-state index contributed by atoms with van der Waals surface area (Å²) in [5.74, 6) is 0. The van der Waals surface area contributed by atoms with Crippen LogP contribution in [-0.4, -0.2) is 0 Å². The summed E-state index contributed by atoms with van der Waals surface area (Å²) in [4.78, 5) is 0. The van der Waals surface area contributed by atoms with E-state index in [4.69, 9.17) is 4.42 Å². The van der Waals surface area contributed by atoms with E-state index in [2.05, 4.69) is 170 Å². The quantitative estimate of drug-likeness (QED) is 0.166. The summed E-state index contributed by atoms with van der Waals surface area (Å²) < 4.78 is 9.42. The second kappa shape index (κ2) is 10.5. The molecule has 0 radical (unpaired) electrons. The summed E-state index contributed by atoms with van der Waals surface area (Å²) >= 11 is 1.87. The van der Waals surface area contributed by atoms with Gasteiger partial charge in [0.15, 0.2) is 0 Å². The molecular formula is C50H28OS. The zero-order valence-electron chi connectivity index (χ0n) is 28.0. The first-order valence-corrected chi connectivity index (χ1v) is 18.6. The highest BCUT2D eigenvalue weighted by Gasteiger charge is 2.18. The number of hydrogen-bond donors (Lipinski definition) is 0. The number of thiophene rings is 1. The molecule has 0 amide bonds. The van der Waals surface area contributed by atoms with Crippen LogP contribution < -0.4 is 0 Å². The van der Waals surface area contributed by atoms with Gasteiger partial charge in [0.25, 0.3) is 0 Å². The van der Waals surface area contributed by atoms with Crippen LogP contribution in [-0.2, 0) is 0 Å². The maximum Gasteiger partial charge on any atom is 0.143 e. The lowest BCUT2D eigenvalue weighted by Crippen LogP contribution is -1.86. The first-order valence-electron chi connectivity index (χ1n) is 17.8. The highest BCUT2D eigenvalue weighted by molar-refractivity contribution is 7.25. The van der Waals surface area contributed by atoms with Crippen molar-refractivity contribution in [3.8, 4) is 22.3 Å². The lowest BCUT2D eigenvalue weighted by atomic mass is 9.90. The largest absolute Gasteiger partial charge is 0.455 e. The smallest absolute Gasteiger partial charge is 0.143 e. The molecule has 12 rings (SSSR count). The summed E-state index contributed by atoms with van der Waals surface area (Å²) in [6.45, 7) is 0. The first kappa shape index (κ1) is 28.2. The molecule has 0 N–H and O–H groups in total. The van der Waals surface area contributed by atoms with Crippen LogP contribution in [0.3, 0.4) is 0 Å². The van der Waals surface area contributed by atoms with Crippen LogP contribution in [0.25, 0.3) is 118 Å². The van der Waals surface area contributed by atoms with E-state index in [0.29, 0.717) is 0 Å². The average molecular weight is 677 g/mol. The molecule has 1 nitrogen and oxygen atoms in total. The fraction of sp³-hybridized carbons (Fsp3) is 0. The van der Waals surface area contributed by atoms with E-state index >= 15 is 0 Å². The molecule has 0 bridgehead atoms. The normalized spacial score (nSPS) is 12.2. The zero-order chi connectivity index (χ0) is 33.9. The van der Waals surface area contributed by atoms with Crippen LogP contribution in [0.4, 0.5) is 0 Å². The average Bonchev–Trinajstić information content (AvgIpc) is 3.78. The summed E-state index contributed by atoms with van der Waals surface area (Å²) in [6.07, 6.45) is 0. The Balaban J connectivity index is 1.09. The molecule has 52 heavy (non-hydrogen) atoms. The fourth-order valence-electron chi connectivity index (χ4n) is 8.82. The van der Waals surface area contributed by atoms with Crippen molar-refractivity contribution in [1.82, 2.24) is 0 Å². The summed E-state index contributed by atoms with van der Waals surface area (Å²) in [6, 6.07) is 62.5. The van der Waals surface area contributed by atoms with E-state index in [1.54, 1.807) is 0 Å². The molecule has 0 fully saturated rings. The Morgan fingerprint density at radius 2 is 0.885 bits per heavy atom. The van der Waals surface area contributed by atoms with Crippen LogP contribution in [0, 0.1) is 0 Å². The zero-order valence-corrected chi connectivity index (χ0v) is 28.8. The van der Waals surface area contributed by atoms with Crippen molar-refractivity contribution >= 4 is 107 Å². The van der Waals surface area contributed by atoms with Gasteiger partial charge in [-0.2, -0.15) is 0 Å². The van der Waals surface area contributed by atoms with Gasteiger partial charge in [0.1, 0.15) is 11.2 Å². The Morgan fingerprint density at radius 3 is 1.69 bits per heavy atom. The highest BCUT2D eigenvalue weighted by Crippen LogP contribution is 2.45. The Bertz CT molecular complexity index is 3470. The molecule has 0 spiro atoms. The molecule has 10 aromatic carbocycles. The third kappa shape index (κ3) is 3.93. The molecule has 2 heteroatoms. The van der Waals surface area contributed by atoms with Crippen molar-refractivity contribution in [2.45, 2.75) is 0 Å². The number of fused-ring (bicyclic) bond motifs is 16. The summed E-state index contributed by atoms with van der Waals surface area (Å²) in [7, 11) is 0. The topological polar surface area (TPSA) is 13.1 Å². The van der Waals surface area contributed by atoms with E-state index in [0.717, 1.165) is 16.6 Å². The maximum absolute atomic E-state index is 6.79. The molecule has 2 heterocycles. The lowest BCUT2D eigenvalue weighted by Gasteiger charge is -2.13. The van der Waals surface area contributed by atoms with E-state index in [-0.39, 0.29) is 0 Å². The highest BCUT2D eigenvalue weighted by atomic mass is 32.1. The van der Waals surface area contributed by atoms with Gasteiger partial charge < -0.3 is 4.42 Å². The molecule has 0 unspecified atom stereocenters. The molecule has 2 aromatic heterocycles. The molecule has 0 saturated heterocycles. The standard InChI is InChI=1S/C50H28OS/c1-3-11-34-29(8-1)10-7-15-35(34)33-19-25-47-44(28-33)43-27-32(18-24-46(43)52-47)31-16-20-40-42(26-31)38-14-6-5-13-37(38)39-21-22-41-48-36-12-4-2-9-30(36)17-23-45(48)51-50(41)49(39)40/h1-28H. The van der Waals surface area contributed by atoms with Crippen molar-refractivity contribution in [3.05, 3.63) is 170 Å². The van der Waals surface area contributed by atoms with Crippen LogP contribution in [0.2, 0.25) is 0 Å². The molecular weight excluding hydrogens is 649 g/mol. The summed E-state index contributed by atoms with van der Waals surface area (Å²) in [5, 5.41) is 17.3. The second-order valence-corrected chi connectivity index (χ2v) is 15.1. The van der Waals surface area contributed by atoms with Crippen molar-refractivity contribution in [1.29, 1.82) is 0 Å². The minimum Gasteiger partial charge on any atom is -0.455 e. The minimum absolute atomic E-state index is 0.930. The summed E-state index contributed by atoms with van der Waals surface area (Å²) in [5.41, 5.74) is 6.85. The van der Waals surface area contributed by atoms with Crippen molar-refractivity contribution < 1.29 is 4.42 Å². The maximum atomic E-state index is 6.79. The molecule has 12 aromatic rings. The monoisotopic (exact) mass is 676 g/mol. The van der Waals surface area contributed by atoms with Gasteiger partial charge in [-0.3, -0.25) is 0 Å².